The predicted octanol–water partition coefficient (Wildman–Crippen LogP) is 1.09. The molecule has 0 aliphatic carbocycles. The second-order valence-electron chi connectivity index (χ2n) is 4.71. The second kappa shape index (κ2) is 8.75. The number of anilines is 1. The molecule has 0 bridgehead atoms. The number of carbonyl (C=O) groups excluding carboxylic acids is 1. The maximum absolute atomic E-state index is 12.1. The zero-order valence-electron chi connectivity index (χ0n) is 12.6. The number of tetrazole rings is 1. The van der Waals surface area contributed by atoms with E-state index >= 15 is 0 Å². The van der Waals surface area contributed by atoms with Crippen LogP contribution in [0.5, 0.6) is 0 Å². The molecule has 0 fully saturated rings. The molecule has 9 heteroatoms. The summed E-state index contributed by atoms with van der Waals surface area (Å²) in [6.45, 7) is 0.125. The number of nitrogens with one attached hydrogen (secondary N) is 3. The number of nitriles is 1. The Morgan fingerprint density at radius 2 is 2.22 bits per heavy atom. The van der Waals surface area contributed by atoms with Gasteiger partial charge in [-0.1, -0.05) is 5.21 Å². The van der Waals surface area contributed by atoms with E-state index in [1.807, 2.05) is 12.3 Å². The van der Waals surface area contributed by atoms with E-state index in [1.165, 1.54) is 0 Å². The molecule has 1 aromatic carbocycles. The molecule has 0 aliphatic heterocycles. The van der Waals surface area contributed by atoms with Crippen molar-refractivity contribution in [1.29, 1.82) is 5.26 Å². The average molecular weight is 331 g/mol. The molecular weight excluding hydrogens is 314 g/mol. The fraction of sp³-hybridized carbons (Fsp3) is 0.357. The number of carbonyl (C=O) groups is 1. The molecule has 2 aromatic rings. The summed E-state index contributed by atoms with van der Waals surface area (Å²) in [4.78, 5) is 12.1. The maximum Gasteiger partial charge on any atom is 0.239 e. The third-order valence-corrected chi connectivity index (χ3v) is 3.73. The summed E-state index contributed by atoms with van der Waals surface area (Å²) < 4.78 is 0. The van der Waals surface area contributed by atoms with Gasteiger partial charge in [0, 0.05) is 5.69 Å². The van der Waals surface area contributed by atoms with Crippen LogP contribution in [0.15, 0.2) is 24.3 Å². The third kappa shape index (κ3) is 5.27. The summed E-state index contributed by atoms with van der Waals surface area (Å²) in [6, 6.07) is 8.69. The minimum atomic E-state index is -0.267. The molecule has 2 rings (SSSR count). The van der Waals surface area contributed by atoms with Crippen molar-refractivity contribution in [3.05, 3.63) is 35.7 Å². The number of hydrogen-bond acceptors (Lipinski definition) is 7. The number of hydrogen-bond donors (Lipinski definition) is 3. The Bertz CT molecular complexity index is 651. The van der Waals surface area contributed by atoms with Gasteiger partial charge in [0.2, 0.25) is 5.91 Å². The molecule has 0 spiro atoms. The first kappa shape index (κ1) is 16.8. The van der Waals surface area contributed by atoms with Crippen LogP contribution in [0.4, 0.5) is 5.69 Å². The third-order valence-electron chi connectivity index (χ3n) is 3.09. The van der Waals surface area contributed by atoms with Crippen molar-refractivity contribution >= 4 is 23.4 Å². The van der Waals surface area contributed by atoms with Crippen LogP contribution in [0.3, 0.4) is 0 Å². The van der Waals surface area contributed by atoms with Gasteiger partial charge in [-0.15, -0.1) is 10.2 Å². The zero-order chi connectivity index (χ0) is 16.5. The van der Waals surface area contributed by atoms with Crippen LogP contribution in [-0.4, -0.2) is 45.1 Å². The summed E-state index contributed by atoms with van der Waals surface area (Å²) in [5.41, 5.74) is 1.36. The molecule has 0 unspecified atom stereocenters. The Balaban J connectivity index is 1.87. The monoisotopic (exact) mass is 331 g/mol. The highest BCUT2D eigenvalue weighted by Crippen LogP contribution is 2.14. The Morgan fingerprint density at radius 1 is 1.43 bits per heavy atom. The smallest absolute Gasteiger partial charge is 0.239 e. The summed E-state index contributed by atoms with van der Waals surface area (Å²) in [5.74, 6) is 1.19. The van der Waals surface area contributed by atoms with Gasteiger partial charge >= 0.3 is 0 Å². The van der Waals surface area contributed by atoms with E-state index in [0.29, 0.717) is 11.4 Å². The average Bonchev–Trinajstić information content (AvgIpc) is 3.11. The quantitative estimate of drug-likeness (QED) is 0.662. The molecule has 0 radical (unpaired) electrons. The molecule has 23 heavy (non-hydrogen) atoms. The van der Waals surface area contributed by atoms with Crippen LogP contribution in [0.2, 0.25) is 0 Å². The molecule has 0 saturated carbocycles. The number of rotatable bonds is 8. The molecule has 1 amide bonds. The van der Waals surface area contributed by atoms with Crippen LogP contribution in [0.25, 0.3) is 0 Å². The van der Waals surface area contributed by atoms with Gasteiger partial charge in [-0.3, -0.25) is 4.79 Å². The molecule has 8 nitrogen and oxygen atoms in total. The minimum absolute atomic E-state index is 0.125. The van der Waals surface area contributed by atoms with E-state index in [2.05, 4.69) is 31.3 Å². The van der Waals surface area contributed by atoms with Crippen molar-refractivity contribution in [2.45, 2.75) is 12.5 Å². The van der Waals surface area contributed by atoms with Crippen LogP contribution < -0.4 is 10.6 Å². The number of aromatic nitrogens is 4. The largest absolute Gasteiger partial charge is 0.376 e. The van der Waals surface area contributed by atoms with Gasteiger partial charge in [-0.05, 0) is 42.7 Å². The van der Waals surface area contributed by atoms with Crippen LogP contribution >= 0.6 is 11.8 Å². The lowest BCUT2D eigenvalue weighted by molar-refractivity contribution is -0.120. The molecule has 0 saturated heterocycles. The maximum atomic E-state index is 12.1. The van der Waals surface area contributed by atoms with Gasteiger partial charge in [-0.25, -0.2) is 0 Å². The molecule has 1 heterocycles. The fourth-order valence-corrected chi connectivity index (χ4v) is 2.38. The first-order chi connectivity index (χ1) is 11.2. The highest BCUT2D eigenvalue weighted by Gasteiger charge is 2.18. The first-order valence-corrected chi connectivity index (χ1v) is 8.38. The second-order valence-corrected chi connectivity index (χ2v) is 5.70. The molecule has 1 aromatic heterocycles. The lowest BCUT2D eigenvalue weighted by atomic mass is 10.2. The number of aromatic amines is 1. The molecule has 1 atom stereocenters. The van der Waals surface area contributed by atoms with Gasteiger partial charge in [0.05, 0.1) is 24.2 Å². The standard InChI is InChI=1S/C14H17N7OS/c1-23-7-6-12(14-18-20-21-19-14)17-13(22)9-16-11-4-2-10(8-15)3-5-11/h2-5,12,16H,6-7,9H2,1H3,(H,17,22)(H,18,19,20,21)/t12-/m0/s1. The van der Waals surface area contributed by atoms with E-state index in [4.69, 9.17) is 5.26 Å². The number of benzene rings is 1. The zero-order valence-corrected chi connectivity index (χ0v) is 13.4. The predicted molar refractivity (Wildman–Crippen MR) is 87.7 cm³/mol. The number of H-pyrrole nitrogens is 1. The van der Waals surface area contributed by atoms with Gasteiger partial charge in [0.15, 0.2) is 5.82 Å². The topological polar surface area (TPSA) is 119 Å². The van der Waals surface area contributed by atoms with Crippen molar-refractivity contribution in [3.8, 4) is 6.07 Å². The van der Waals surface area contributed by atoms with Crippen molar-refractivity contribution in [2.24, 2.45) is 0 Å². The van der Waals surface area contributed by atoms with E-state index in [-0.39, 0.29) is 18.5 Å². The van der Waals surface area contributed by atoms with Gasteiger partial charge < -0.3 is 10.6 Å². The lowest BCUT2D eigenvalue weighted by Gasteiger charge is -2.15. The Hall–Kier alpha value is -2.60. The minimum Gasteiger partial charge on any atom is -0.376 e. The van der Waals surface area contributed by atoms with Crippen molar-refractivity contribution < 1.29 is 4.79 Å². The Kier molecular flexibility index (Phi) is 6.38. The number of thioether (sulfide) groups is 1. The van der Waals surface area contributed by atoms with Gasteiger partial charge in [0.25, 0.3) is 0 Å². The first-order valence-electron chi connectivity index (χ1n) is 6.98. The molecular formula is C14H17N7OS. The van der Waals surface area contributed by atoms with Crippen LogP contribution in [0.1, 0.15) is 23.9 Å². The Labute approximate surface area is 138 Å². The van der Waals surface area contributed by atoms with E-state index in [1.54, 1.807) is 36.0 Å². The summed E-state index contributed by atoms with van der Waals surface area (Å²) >= 11 is 1.69. The van der Waals surface area contributed by atoms with E-state index in [9.17, 15) is 4.79 Å². The molecule has 3 N–H and O–H groups in total. The number of nitrogens with zero attached hydrogens (tertiary/aromatic N) is 4. The number of amides is 1. The van der Waals surface area contributed by atoms with Crippen molar-refractivity contribution in [1.82, 2.24) is 25.9 Å². The highest BCUT2D eigenvalue weighted by molar-refractivity contribution is 7.98. The van der Waals surface area contributed by atoms with Gasteiger partial charge in [0.1, 0.15) is 0 Å². The Morgan fingerprint density at radius 3 is 2.83 bits per heavy atom. The SMILES string of the molecule is CSCC[C@H](NC(=O)CNc1ccc(C#N)cc1)c1nn[nH]n1. The van der Waals surface area contributed by atoms with E-state index in [0.717, 1.165) is 17.9 Å². The molecule has 120 valence electrons. The summed E-state index contributed by atoms with van der Waals surface area (Å²) in [5, 5.41) is 28.5. The van der Waals surface area contributed by atoms with Crippen molar-refractivity contribution in [2.75, 3.05) is 23.9 Å². The fourth-order valence-electron chi connectivity index (χ4n) is 1.91. The van der Waals surface area contributed by atoms with Crippen LogP contribution in [0, 0.1) is 11.3 Å². The van der Waals surface area contributed by atoms with E-state index < -0.39 is 0 Å². The lowest BCUT2D eigenvalue weighted by Crippen LogP contribution is -2.34. The molecule has 0 aliphatic rings. The summed E-state index contributed by atoms with van der Waals surface area (Å²) in [6.07, 6.45) is 2.73. The normalized spacial score (nSPS) is 11.5. The highest BCUT2D eigenvalue weighted by atomic mass is 32.2. The van der Waals surface area contributed by atoms with Gasteiger partial charge in [-0.2, -0.15) is 22.2 Å². The van der Waals surface area contributed by atoms with Crippen LogP contribution in [-0.2, 0) is 4.79 Å². The summed E-state index contributed by atoms with van der Waals surface area (Å²) in [7, 11) is 0. The van der Waals surface area contributed by atoms with Crippen molar-refractivity contribution in [3.63, 3.8) is 0 Å².